The molecule has 3 N–H and O–H groups in total. The third kappa shape index (κ3) is 5.34. The number of anilines is 1. The number of aromatic nitrogens is 5. The highest BCUT2D eigenvalue weighted by Crippen LogP contribution is 2.28. The number of ether oxygens (including phenoxy) is 1. The average molecular weight is 465 g/mol. The number of fused-ring (bicyclic) bond motifs is 1. The molecule has 0 bridgehead atoms. The van der Waals surface area contributed by atoms with Gasteiger partial charge in [0, 0.05) is 48.6 Å². The number of hydrogen-bond donors (Lipinski definition) is 3. The first-order valence-electron chi connectivity index (χ1n) is 11.2. The number of aliphatic hydroxyl groups is 1. The summed E-state index contributed by atoms with van der Waals surface area (Å²) in [5.41, 5.74) is 0.485. The predicted octanol–water partition coefficient (Wildman–Crippen LogP) is 3.32. The summed E-state index contributed by atoms with van der Waals surface area (Å²) in [5.74, 6) is 1.05. The summed E-state index contributed by atoms with van der Waals surface area (Å²) in [7, 11) is 0. The van der Waals surface area contributed by atoms with Gasteiger partial charge in [-0.15, -0.1) is 0 Å². The van der Waals surface area contributed by atoms with E-state index < -0.39 is 11.6 Å². The number of aromatic amines is 1. The van der Waals surface area contributed by atoms with Crippen molar-refractivity contribution in [2.24, 2.45) is 5.92 Å². The molecule has 1 unspecified atom stereocenters. The Morgan fingerprint density at radius 2 is 2.12 bits per heavy atom. The Morgan fingerprint density at radius 1 is 1.26 bits per heavy atom. The van der Waals surface area contributed by atoms with E-state index in [1.807, 2.05) is 44.3 Å². The Kier molecular flexibility index (Phi) is 7.07. The highest BCUT2D eigenvalue weighted by atomic mass is 16.5. The molecule has 178 valence electrons. The van der Waals surface area contributed by atoms with Crippen LogP contribution in [0, 0.1) is 5.92 Å². The Hall–Kier alpha value is -3.92. The summed E-state index contributed by atoms with van der Waals surface area (Å²) in [5, 5.41) is 21.2. The molecule has 1 atom stereocenters. The maximum absolute atomic E-state index is 13.1. The van der Waals surface area contributed by atoms with E-state index >= 15 is 0 Å². The number of aryl methyl sites for hydroxylation is 1. The van der Waals surface area contributed by atoms with Gasteiger partial charge in [-0.25, -0.2) is 4.68 Å². The van der Waals surface area contributed by atoms with Gasteiger partial charge >= 0.3 is 0 Å². The summed E-state index contributed by atoms with van der Waals surface area (Å²) in [6.07, 6.45) is 5.98. The lowest BCUT2D eigenvalue weighted by molar-refractivity contribution is -0.120. The SMILES string of the molecule is CC(C)CC(C(=O)Nc1ccn(CCCO)n1)n1ncc(Oc2cccc3[nH]ccc23)cc1=O. The smallest absolute Gasteiger partial charge is 0.271 e. The molecule has 0 fully saturated rings. The zero-order chi connectivity index (χ0) is 24.1. The molecule has 1 aromatic carbocycles. The van der Waals surface area contributed by atoms with E-state index in [0.29, 0.717) is 36.7 Å². The third-order valence-electron chi connectivity index (χ3n) is 5.31. The molecule has 1 amide bonds. The summed E-state index contributed by atoms with van der Waals surface area (Å²) in [6.45, 7) is 4.56. The van der Waals surface area contributed by atoms with Crippen LogP contribution in [0.15, 0.2) is 59.8 Å². The van der Waals surface area contributed by atoms with Gasteiger partial charge in [0.05, 0.1) is 6.20 Å². The van der Waals surface area contributed by atoms with Gasteiger partial charge in [-0.05, 0) is 37.0 Å². The molecule has 0 spiro atoms. The number of amides is 1. The van der Waals surface area contributed by atoms with Gasteiger partial charge in [-0.3, -0.25) is 14.3 Å². The number of benzene rings is 1. The van der Waals surface area contributed by atoms with Crippen molar-refractivity contribution in [3.63, 3.8) is 0 Å². The van der Waals surface area contributed by atoms with E-state index in [9.17, 15) is 9.59 Å². The van der Waals surface area contributed by atoms with Crippen molar-refractivity contribution in [3.05, 3.63) is 65.3 Å². The number of hydrogen-bond acceptors (Lipinski definition) is 6. The number of H-pyrrole nitrogens is 1. The Bertz CT molecular complexity index is 1320. The number of carbonyl (C=O) groups excluding carboxylic acids is 1. The van der Waals surface area contributed by atoms with Gasteiger partial charge in [0.1, 0.15) is 11.8 Å². The van der Waals surface area contributed by atoms with E-state index in [0.717, 1.165) is 10.9 Å². The van der Waals surface area contributed by atoms with Crippen molar-refractivity contribution in [3.8, 4) is 11.5 Å². The fourth-order valence-corrected chi connectivity index (χ4v) is 3.72. The number of rotatable bonds is 10. The molecule has 0 aliphatic rings. The van der Waals surface area contributed by atoms with Crippen LogP contribution in [0.4, 0.5) is 5.82 Å². The summed E-state index contributed by atoms with van der Waals surface area (Å²) in [4.78, 5) is 29.1. The quantitative estimate of drug-likeness (QED) is 0.330. The molecule has 0 saturated carbocycles. The molecule has 3 aromatic heterocycles. The van der Waals surface area contributed by atoms with E-state index in [2.05, 4.69) is 20.5 Å². The fraction of sp³-hybridized carbons (Fsp3) is 0.333. The largest absolute Gasteiger partial charge is 0.455 e. The van der Waals surface area contributed by atoms with Crippen LogP contribution in [0.25, 0.3) is 10.9 Å². The van der Waals surface area contributed by atoms with Gasteiger partial charge < -0.3 is 20.1 Å². The predicted molar refractivity (Wildman–Crippen MR) is 128 cm³/mol. The number of aliphatic hydroxyl groups excluding tert-OH is 1. The number of nitrogens with zero attached hydrogens (tertiary/aromatic N) is 4. The maximum atomic E-state index is 13.1. The normalized spacial score (nSPS) is 12.2. The Labute approximate surface area is 196 Å². The van der Waals surface area contributed by atoms with E-state index in [1.54, 1.807) is 16.9 Å². The van der Waals surface area contributed by atoms with Crippen molar-refractivity contribution < 1.29 is 14.6 Å². The van der Waals surface area contributed by atoms with E-state index in [-0.39, 0.29) is 18.4 Å². The first-order chi connectivity index (χ1) is 16.4. The molecular weight excluding hydrogens is 436 g/mol. The van der Waals surface area contributed by atoms with E-state index in [1.165, 1.54) is 16.9 Å². The molecule has 10 nitrogen and oxygen atoms in total. The second-order valence-corrected chi connectivity index (χ2v) is 8.45. The summed E-state index contributed by atoms with van der Waals surface area (Å²) >= 11 is 0. The third-order valence-corrected chi connectivity index (χ3v) is 5.31. The van der Waals surface area contributed by atoms with Gasteiger partial charge in [-0.2, -0.15) is 10.2 Å². The van der Waals surface area contributed by atoms with Gasteiger partial charge in [0.25, 0.3) is 11.5 Å². The van der Waals surface area contributed by atoms with Crippen molar-refractivity contribution in [2.75, 3.05) is 11.9 Å². The molecule has 0 aliphatic heterocycles. The standard InChI is InChI=1S/C24H28N6O4/c1-16(2)13-20(24(33)27-22-8-11-29(28-22)10-4-12-31)30-23(32)14-17(15-26-30)34-21-6-3-5-19-18(21)7-9-25-19/h3,5-9,11,14-16,20,25,31H,4,10,12-13H2,1-2H3,(H,27,28,33). The minimum absolute atomic E-state index is 0.0622. The molecule has 3 heterocycles. The van der Waals surface area contributed by atoms with Crippen molar-refractivity contribution in [1.82, 2.24) is 24.5 Å². The number of nitrogens with one attached hydrogen (secondary N) is 2. The Balaban J connectivity index is 1.54. The lowest BCUT2D eigenvalue weighted by atomic mass is 10.0. The molecule has 0 saturated heterocycles. The average Bonchev–Trinajstić information content (AvgIpc) is 3.46. The molecule has 10 heteroatoms. The zero-order valence-electron chi connectivity index (χ0n) is 19.1. The first-order valence-corrected chi connectivity index (χ1v) is 11.2. The second-order valence-electron chi connectivity index (χ2n) is 8.45. The minimum atomic E-state index is -0.808. The van der Waals surface area contributed by atoms with E-state index in [4.69, 9.17) is 9.84 Å². The first kappa shape index (κ1) is 23.2. The lowest BCUT2D eigenvalue weighted by Crippen LogP contribution is -2.35. The number of carbonyl (C=O) groups is 1. The minimum Gasteiger partial charge on any atom is -0.455 e. The van der Waals surface area contributed by atoms with Crippen LogP contribution in [0.5, 0.6) is 11.5 Å². The molecular formula is C24H28N6O4. The molecule has 4 aromatic rings. The molecule has 4 rings (SSSR count). The molecule has 0 aliphatic carbocycles. The van der Waals surface area contributed by atoms with Crippen LogP contribution in [0.2, 0.25) is 0 Å². The van der Waals surface area contributed by atoms with Crippen molar-refractivity contribution in [2.45, 2.75) is 39.3 Å². The Morgan fingerprint density at radius 3 is 2.88 bits per heavy atom. The van der Waals surface area contributed by atoms with Crippen LogP contribution in [-0.2, 0) is 11.3 Å². The van der Waals surface area contributed by atoms with Gasteiger partial charge in [-0.1, -0.05) is 19.9 Å². The maximum Gasteiger partial charge on any atom is 0.271 e. The molecule has 34 heavy (non-hydrogen) atoms. The fourth-order valence-electron chi connectivity index (χ4n) is 3.72. The monoisotopic (exact) mass is 464 g/mol. The van der Waals surface area contributed by atoms with Crippen LogP contribution in [0.3, 0.4) is 0 Å². The van der Waals surface area contributed by atoms with Crippen molar-refractivity contribution >= 4 is 22.6 Å². The second kappa shape index (κ2) is 10.3. The van der Waals surface area contributed by atoms with Crippen molar-refractivity contribution in [1.29, 1.82) is 0 Å². The summed E-state index contributed by atoms with van der Waals surface area (Å²) < 4.78 is 8.74. The highest BCUT2D eigenvalue weighted by Gasteiger charge is 2.25. The zero-order valence-corrected chi connectivity index (χ0v) is 19.1. The van der Waals surface area contributed by atoms with Gasteiger partial charge in [0.2, 0.25) is 0 Å². The highest BCUT2D eigenvalue weighted by molar-refractivity contribution is 5.92. The van der Waals surface area contributed by atoms with Crippen LogP contribution in [-0.4, -0.2) is 42.2 Å². The molecule has 0 radical (unpaired) electrons. The van der Waals surface area contributed by atoms with Gasteiger partial charge in [0.15, 0.2) is 11.6 Å². The van der Waals surface area contributed by atoms with Crippen LogP contribution < -0.4 is 15.6 Å². The van der Waals surface area contributed by atoms with Crippen LogP contribution in [0.1, 0.15) is 32.7 Å². The van der Waals surface area contributed by atoms with Crippen LogP contribution >= 0.6 is 0 Å². The summed E-state index contributed by atoms with van der Waals surface area (Å²) in [6, 6.07) is 9.71. The topological polar surface area (TPSA) is 127 Å². The lowest BCUT2D eigenvalue weighted by Gasteiger charge is -2.19.